The Kier molecular flexibility index (Phi) is 7.35. The van der Waals surface area contributed by atoms with Crippen LogP contribution >= 0.6 is 0 Å². The second-order valence-corrected chi connectivity index (χ2v) is 6.31. The molecule has 3 N–H and O–H groups in total. The van der Waals surface area contributed by atoms with Gasteiger partial charge in [-0.05, 0) is 30.0 Å². The summed E-state index contributed by atoms with van der Waals surface area (Å²) in [7, 11) is 0. The van der Waals surface area contributed by atoms with Crippen LogP contribution in [0.4, 0.5) is 0 Å². The predicted molar refractivity (Wildman–Crippen MR) is 99.2 cm³/mol. The maximum atomic E-state index is 11.9. The number of nitrogens with zero attached hydrogens (tertiary/aromatic N) is 2. The number of hydrogen-bond donors (Lipinski definition) is 3. The van der Waals surface area contributed by atoms with E-state index in [1.807, 2.05) is 50.4 Å². The quantitative estimate of drug-likeness (QED) is 0.600. The van der Waals surface area contributed by atoms with Gasteiger partial charge in [0, 0.05) is 12.7 Å². The van der Waals surface area contributed by atoms with E-state index < -0.39 is 12.0 Å². The standard InChI is InChI=1S/C19H26N4O3/c1-3-14(2)18(19(25)26)21-12-17(24)20-10-9-15-11-22-23(13-15)16-7-5-4-6-8-16/h4-8,11,13-14,18,21H,3,9-10,12H2,1-2H3,(H,20,24)(H,25,26)/t14-,18-/m0/s1. The number of carboxylic acids is 1. The van der Waals surface area contributed by atoms with E-state index in [4.69, 9.17) is 0 Å². The fourth-order valence-corrected chi connectivity index (χ4v) is 2.59. The van der Waals surface area contributed by atoms with Crippen molar-refractivity contribution in [3.63, 3.8) is 0 Å². The van der Waals surface area contributed by atoms with E-state index in [0.717, 1.165) is 17.7 Å². The average molecular weight is 358 g/mol. The van der Waals surface area contributed by atoms with Gasteiger partial charge in [-0.3, -0.25) is 14.9 Å². The first-order chi connectivity index (χ1) is 12.5. The molecule has 0 saturated heterocycles. The molecule has 0 aliphatic rings. The van der Waals surface area contributed by atoms with E-state index in [9.17, 15) is 14.7 Å². The molecule has 0 radical (unpaired) electrons. The minimum atomic E-state index is -0.930. The van der Waals surface area contributed by atoms with E-state index in [2.05, 4.69) is 15.7 Å². The summed E-state index contributed by atoms with van der Waals surface area (Å²) in [5.74, 6) is -1.18. The Morgan fingerprint density at radius 2 is 2.00 bits per heavy atom. The first-order valence-corrected chi connectivity index (χ1v) is 8.83. The van der Waals surface area contributed by atoms with Gasteiger partial charge in [0.1, 0.15) is 6.04 Å². The first kappa shape index (κ1) is 19.7. The lowest BCUT2D eigenvalue weighted by Crippen LogP contribution is -2.46. The molecule has 2 aromatic rings. The second kappa shape index (κ2) is 9.72. The molecule has 1 heterocycles. The molecule has 0 spiro atoms. The van der Waals surface area contributed by atoms with Crippen LogP contribution in [0, 0.1) is 5.92 Å². The van der Waals surface area contributed by atoms with Crippen molar-refractivity contribution in [2.75, 3.05) is 13.1 Å². The molecule has 0 saturated carbocycles. The predicted octanol–water partition coefficient (Wildman–Crippen LogP) is 1.62. The van der Waals surface area contributed by atoms with Gasteiger partial charge >= 0.3 is 5.97 Å². The van der Waals surface area contributed by atoms with Crippen LogP contribution in [0.15, 0.2) is 42.7 Å². The van der Waals surface area contributed by atoms with Gasteiger partial charge in [-0.2, -0.15) is 5.10 Å². The van der Waals surface area contributed by atoms with Crippen molar-refractivity contribution in [3.05, 3.63) is 48.3 Å². The van der Waals surface area contributed by atoms with Crippen molar-refractivity contribution in [3.8, 4) is 5.69 Å². The molecule has 26 heavy (non-hydrogen) atoms. The van der Waals surface area contributed by atoms with Crippen molar-refractivity contribution < 1.29 is 14.7 Å². The molecule has 1 aromatic carbocycles. The number of benzene rings is 1. The zero-order chi connectivity index (χ0) is 18.9. The Morgan fingerprint density at radius 3 is 2.65 bits per heavy atom. The van der Waals surface area contributed by atoms with Gasteiger partial charge in [0.2, 0.25) is 5.91 Å². The van der Waals surface area contributed by atoms with Crippen LogP contribution in [0.3, 0.4) is 0 Å². The van der Waals surface area contributed by atoms with E-state index in [-0.39, 0.29) is 18.4 Å². The lowest BCUT2D eigenvalue weighted by Gasteiger charge is -2.19. The molecular weight excluding hydrogens is 332 g/mol. The highest BCUT2D eigenvalue weighted by atomic mass is 16.4. The second-order valence-electron chi connectivity index (χ2n) is 6.31. The molecule has 0 aliphatic heterocycles. The molecule has 2 rings (SSSR count). The highest BCUT2D eigenvalue weighted by molar-refractivity contribution is 5.80. The van der Waals surface area contributed by atoms with Crippen molar-refractivity contribution in [2.24, 2.45) is 5.92 Å². The number of aliphatic carboxylic acids is 1. The summed E-state index contributed by atoms with van der Waals surface area (Å²) in [6.45, 7) is 4.25. The number of rotatable bonds is 10. The lowest BCUT2D eigenvalue weighted by atomic mass is 9.99. The summed E-state index contributed by atoms with van der Waals surface area (Å²) in [6.07, 6.45) is 5.10. The molecule has 1 aromatic heterocycles. The molecule has 140 valence electrons. The molecule has 0 fully saturated rings. The Labute approximate surface area is 153 Å². The van der Waals surface area contributed by atoms with E-state index in [1.165, 1.54) is 0 Å². The largest absolute Gasteiger partial charge is 0.480 e. The van der Waals surface area contributed by atoms with Gasteiger partial charge < -0.3 is 10.4 Å². The number of para-hydroxylation sites is 1. The van der Waals surface area contributed by atoms with Crippen LogP contribution in [0.2, 0.25) is 0 Å². The summed E-state index contributed by atoms with van der Waals surface area (Å²) in [5, 5.41) is 19.1. The molecule has 1 amide bonds. The molecule has 2 atom stereocenters. The summed E-state index contributed by atoms with van der Waals surface area (Å²) in [6, 6.07) is 9.09. The summed E-state index contributed by atoms with van der Waals surface area (Å²) < 4.78 is 1.79. The summed E-state index contributed by atoms with van der Waals surface area (Å²) in [5.41, 5.74) is 2.00. The molecule has 0 aliphatic carbocycles. The number of nitrogens with one attached hydrogen (secondary N) is 2. The van der Waals surface area contributed by atoms with Gasteiger partial charge in [0.25, 0.3) is 0 Å². The third kappa shape index (κ3) is 5.70. The SMILES string of the molecule is CC[C@H](C)[C@H](NCC(=O)NCCc1cnn(-c2ccccc2)c1)C(=O)O. The third-order valence-electron chi connectivity index (χ3n) is 4.35. The normalized spacial score (nSPS) is 13.2. The Hall–Kier alpha value is -2.67. The minimum absolute atomic E-state index is 0.00934. The first-order valence-electron chi connectivity index (χ1n) is 8.83. The van der Waals surface area contributed by atoms with Crippen LogP contribution in [0.1, 0.15) is 25.8 Å². The van der Waals surface area contributed by atoms with Gasteiger partial charge in [-0.15, -0.1) is 0 Å². The van der Waals surface area contributed by atoms with Gasteiger partial charge in [0.15, 0.2) is 0 Å². The van der Waals surface area contributed by atoms with Crippen LogP contribution < -0.4 is 10.6 Å². The molecule has 0 bridgehead atoms. The number of carbonyl (C=O) groups excluding carboxylic acids is 1. The smallest absolute Gasteiger partial charge is 0.320 e. The highest BCUT2D eigenvalue weighted by Gasteiger charge is 2.23. The van der Waals surface area contributed by atoms with E-state index in [1.54, 1.807) is 10.9 Å². The Morgan fingerprint density at radius 1 is 1.27 bits per heavy atom. The monoisotopic (exact) mass is 358 g/mol. The number of carboxylic acid groups (broad SMARTS) is 1. The molecule has 0 unspecified atom stereocenters. The fourth-order valence-electron chi connectivity index (χ4n) is 2.59. The van der Waals surface area contributed by atoms with Crippen molar-refractivity contribution in [1.29, 1.82) is 0 Å². The Bertz CT molecular complexity index is 715. The third-order valence-corrected chi connectivity index (χ3v) is 4.35. The van der Waals surface area contributed by atoms with Crippen molar-refractivity contribution in [2.45, 2.75) is 32.7 Å². The molecule has 7 heteroatoms. The average Bonchev–Trinajstić information content (AvgIpc) is 3.11. The molecule has 7 nitrogen and oxygen atoms in total. The van der Waals surface area contributed by atoms with Crippen LogP contribution in [-0.2, 0) is 16.0 Å². The minimum Gasteiger partial charge on any atom is -0.480 e. The summed E-state index contributed by atoms with van der Waals surface area (Å²) >= 11 is 0. The maximum absolute atomic E-state index is 11.9. The van der Waals surface area contributed by atoms with Crippen LogP contribution in [0.25, 0.3) is 5.69 Å². The lowest BCUT2D eigenvalue weighted by molar-refractivity contribution is -0.140. The number of aromatic nitrogens is 2. The number of amides is 1. The Balaban J connectivity index is 1.75. The van der Waals surface area contributed by atoms with Gasteiger partial charge in [0.05, 0.1) is 18.4 Å². The maximum Gasteiger partial charge on any atom is 0.320 e. The van der Waals surface area contributed by atoms with Gasteiger partial charge in [-0.25, -0.2) is 4.68 Å². The topological polar surface area (TPSA) is 96.3 Å². The van der Waals surface area contributed by atoms with Crippen molar-refractivity contribution in [1.82, 2.24) is 20.4 Å². The highest BCUT2D eigenvalue weighted by Crippen LogP contribution is 2.08. The fraction of sp³-hybridized carbons (Fsp3) is 0.421. The van der Waals surface area contributed by atoms with E-state index in [0.29, 0.717) is 13.0 Å². The van der Waals surface area contributed by atoms with E-state index >= 15 is 0 Å². The van der Waals surface area contributed by atoms with Crippen molar-refractivity contribution >= 4 is 11.9 Å². The molecular formula is C19H26N4O3. The summed E-state index contributed by atoms with van der Waals surface area (Å²) in [4.78, 5) is 23.1. The van der Waals surface area contributed by atoms with Gasteiger partial charge in [-0.1, -0.05) is 38.5 Å². The zero-order valence-corrected chi connectivity index (χ0v) is 15.2. The zero-order valence-electron chi connectivity index (χ0n) is 15.2. The number of hydrogen-bond acceptors (Lipinski definition) is 4. The van der Waals surface area contributed by atoms with Crippen LogP contribution in [-0.4, -0.2) is 45.9 Å². The number of carbonyl (C=O) groups is 2. The van der Waals surface area contributed by atoms with Crippen LogP contribution in [0.5, 0.6) is 0 Å².